The molecule has 0 unspecified atom stereocenters. The van der Waals surface area contributed by atoms with Crippen LogP contribution in [0.1, 0.15) is 47.8 Å². The fraction of sp³-hybridized carbons (Fsp3) is 0.192. The zero-order valence-corrected chi connectivity index (χ0v) is 19.0. The van der Waals surface area contributed by atoms with E-state index in [1.165, 1.54) is 11.6 Å². The number of benzene rings is 3. The van der Waals surface area contributed by atoms with Crippen molar-refractivity contribution in [1.82, 2.24) is 0 Å². The second kappa shape index (κ2) is 8.90. The lowest BCUT2D eigenvalue weighted by Gasteiger charge is -2.18. The van der Waals surface area contributed by atoms with Crippen molar-refractivity contribution >= 4 is 27.6 Å². The number of carbonyl (C=O) groups excluding carboxylic acids is 1. The van der Waals surface area contributed by atoms with Crippen LogP contribution in [0.4, 0.5) is 5.69 Å². The third-order valence-electron chi connectivity index (χ3n) is 4.96. The van der Waals surface area contributed by atoms with Crippen molar-refractivity contribution in [2.45, 2.75) is 38.0 Å². The maximum absolute atomic E-state index is 12.5. The predicted molar refractivity (Wildman–Crippen MR) is 127 cm³/mol. The van der Waals surface area contributed by atoms with Gasteiger partial charge in [-0.25, -0.2) is 8.42 Å². The van der Waals surface area contributed by atoms with Crippen molar-refractivity contribution in [3.63, 3.8) is 0 Å². The molecule has 3 aromatic rings. The number of nitrogens with one attached hydrogen (secondary N) is 1. The smallest absolute Gasteiger partial charge is 0.261 e. The molecule has 1 N–H and O–H groups in total. The lowest BCUT2D eigenvalue weighted by molar-refractivity contribution is 0.104. The molecule has 5 heteroatoms. The summed E-state index contributed by atoms with van der Waals surface area (Å²) >= 11 is 0. The number of allylic oxidation sites excluding steroid dienone is 1. The van der Waals surface area contributed by atoms with Gasteiger partial charge in [0.15, 0.2) is 5.78 Å². The highest BCUT2D eigenvalue weighted by Crippen LogP contribution is 2.22. The molecule has 0 aliphatic heterocycles. The number of ketones is 1. The molecule has 0 atom stereocenters. The number of carbonyl (C=O) groups is 1. The van der Waals surface area contributed by atoms with Gasteiger partial charge in [-0.15, -0.1) is 0 Å². The Bertz CT molecular complexity index is 1180. The summed E-state index contributed by atoms with van der Waals surface area (Å²) in [5, 5.41) is 0. The molecule has 0 saturated heterocycles. The molecule has 0 aliphatic rings. The molecule has 0 saturated carbocycles. The highest BCUT2D eigenvalue weighted by Gasteiger charge is 2.14. The van der Waals surface area contributed by atoms with Crippen LogP contribution in [0, 0.1) is 6.92 Å². The van der Waals surface area contributed by atoms with Gasteiger partial charge in [0, 0.05) is 11.3 Å². The maximum Gasteiger partial charge on any atom is 0.261 e. The Labute approximate surface area is 184 Å². The first-order valence-electron chi connectivity index (χ1n) is 10.1. The second-order valence-electron chi connectivity index (χ2n) is 8.57. The number of rotatable bonds is 6. The van der Waals surface area contributed by atoms with Crippen LogP contribution in [0.5, 0.6) is 0 Å². The van der Waals surface area contributed by atoms with Gasteiger partial charge in [0.2, 0.25) is 0 Å². The van der Waals surface area contributed by atoms with Crippen LogP contribution >= 0.6 is 0 Å². The molecule has 0 amide bonds. The molecular formula is C26H27NO3S. The van der Waals surface area contributed by atoms with E-state index in [0.717, 1.165) is 11.1 Å². The first-order chi connectivity index (χ1) is 14.5. The first-order valence-corrected chi connectivity index (χ1v) is 11.6. The highest BCUT2D eigenvalue weighted by atomic mass is 32.2. The molecule has 0 heterocycles. The predicted octanol–water partition coefficient (Wildman–Crippen LogP) is 5.99. The van der Waals surface area contributed by atoms with Gasteiger partial charge in [-0.2, -0.15) is 0 Å². The van der Waals surface area contributed by atoms with Gasteiger partial charge >= 0.3 is 0 Å². The Morgan fingerprint density at radius 3 is 1.97 bits per heavy atom. The molecule has 0 aromatic heterocycles. The van der Waals surface area contributed by atoms with Crippen molar-refractivity contribution in [2.24, 2.45) is 0 Å². The van der Waals surface area contributed by atoms with Gasteiger partial charge in [0.05, 0.1) is 4.90 Å². The van der Waals surface area contributed by atoms with Gasteiger partial charge in [0.1, 0.15) is 0 Å². The van der Waals surface area contributed by atoms with Crippen LogP contribution < -0.4 is 4.72 Å². The normalized spacial score (nSPS) is 12.1. The molecule has 31 heavy (non-hydrogen) atoms. The number of anilines is 1. The molecule has 0 bridgehead atoms. The summed E-state index contributed by atoms with van der Waals surface area (Å²) in [4.78, 5) is 12.7. The summed E-state index contributed by atoms with van der Waals surface area (Å²) in [6, 6.07) is 21.2. The van der Waals surface area contributed by atoms with E-state index in [0.29, 0.717) is 11.3 Å². The van der Waals surface area contributed by atoms with Crippen LogP contribution in [0.2, 0.25) is 0 Å². The molecule has 160 valence electrons. The largest absolute Gasteiger partial charge is 0.289 e. The Morgan fingerprint density at radius 1 is 0.839 bits per heavy atom. The van der Waals surface area contributed by atoms with E-state index in [2.05, 4.69) is 37.6 Å². The van der Waals surface area contributed by atoms with E-state index in [1.807, 2.05) is 19.1 Å². The molecule has 0 fully saturated rings. The molecule has 0 aliphatic carbocycles. The van der Waals surface area contributed by atoms with E-state index in [-0.39, 0.29) is 16.1 Å². The quantitative estimate of drug-likeness (QED) is 0.384. The Balaban J connectivity index is 1.67. The number of sulfonamides is 1. The van der Waals surface area contributed by atoms with Crippen molar-refractivity contribution < 1.29 is 13.2 Å². The first kappa shape index (κ1) is 22.5. The van der Waals surface area contributed by atoms with Crippen molar-refractivity contribution in [3.05, 3.63) is 101 Å². The van der Waals surface area contributed by atoms with Gasteiger partial charge in [-0.3, -0.25) is 9.52 Å². The average Bonchev–Trinajstić information content (AvgIpc) is 2.72. The van der Waals surface area contributed by atoms with E-state index in [4.69, 9.17) is 0 Å². The lowest BCUT2D eigenvalue weighted by atomic mass is 9.87. The highest BCUT2D eigenvalue weighted by molar-refractivity contribution is 7.92. The number of hydrogen-bond acceptors (Lipinski definition) is 3. The lowest BCUT2D eigenvalue weighted by Crippen LogP contribution is -2.13. The van der Waals surface area contributed by atoms with E-state index >= 15 is 0 Å². The second-order valence-corrected chi connectivity index (χ2v) is 10.2. The average molecular weight is 434 g/mol. The van der Waals surface area contributed by atoms with Crippen molar-refractivity contribution in [3.8, 4) is 0 Å². The van der Waals surface area contributed by atoms with Crippen LogP contribution in [0.3, 0.4) is 0 Å². The number of hydrogen-bond donors (Lipinski definition) is 1. The maximum atomic E-state index is 12.5. The fourth-order valence-corrected chi connectivity index (χ4v) is 4.06. The zero-order valence-electron chi connectivity index (χ0n) is 18.2. The standard InChI is InChI=1S/C26H27NO3S/c1-19-5-16-24(17-6-19)31(29,30)27-23-14-10-21(11-15-23)25(28)18-9-20-7-12-22(13-8-20)26(2,3)4/h5-18,27H,1-4H3/b18-9+. The summed E-state index contributed by atoms with van der Waals surface area (Å²) < 4.78 is 27.5. The molecule has 3 rings (SSSR count). The van der Waals surface area contributed by atoms with Gasteiger partial charge < -0.3 is 0 Å². The van der Waals surface area contributed by atoms with Gasteiger partial charge in [-0.05, 0) is 65.9 Å². The molecule has 4 nitrogen and oxygen atoms in total. The monoisotopic (exact) mass is 433 g/mol. The third-order valence-corrected chi connectivity index (χ3v) is 6.35. The third kappa shape index (κ3) is 5.92. The minimum Gasteiger partial charge on any atom is -0.289 e. The van der Waals surface area contributed by atoms with Gasteiger partial charge in [0.25, 0.3) is 10.0 Å². The van der Waals surface area contributed by atoms with Crippen LogP contribution in [0.25, 0.3) is 6.08 Å². The SMILES string of the molecule is Cc1ccc(S(=O)(=O)Nc2ccc(C(=O)/C=C/c3ccc(C(C)(C)C)cc3)cc2)cc1. The van der Waals surface area contributed by atoms with E-state index in [9.17, 15) is 13.2 Å². The summed E-state index contributed by atoms with van der Waals surface area (Å²) in [7, 11) is -3.67. The molecule has 0 radical (unpaired) electrons. The number of aryl methyl sites for hydroxylation is 1. The molecular weight excluding hydrogens is 406 g/mol. The van der Waals surface area contributed by atoms with Crippen molar-refractivity contribution in [2.75, 3.05) is 4.72 Å². The fourth-order valence-electron chi connectivity index (χ4n) is 3.00. The minimum absolute atomic E-state index is 0.0841. The summed E-state index contributed by atoms with van der Waals surface area (Å²) in [5.41, 5.74) is 4.14. The zero-order chi connectivity index (χ0) is 22.6. The van der Waals surface area contributed by atoms with E-state index in [1.54, 1.807) is 54.6 Å². The Morgan fingerprint density at radius 2 is 1.42 bits per heavy atom. The summed E-state index contributed by atoms with van der Waals surface area (Å²) in [5.74, 6) is -0.146. The summed E-state index contributed by atoms with van der Waals surface area (Å²) in [6.07, 6.45) is 3.31. The van der Waals surface area contributed by atoms with Crippen molar-refractivity contribution in [1.29, 1.82) is 0 Å². The minimum atomic E-state index is -3.67. The summed E-state index contributed by atoms with van der Waals surface area (Å²) in [6.45, 7) is 8.37. The topological polar surface area (TPSA) is 63.2 Å². The molecule has 0 spiro atoms. The van der Waals surface area contributed by atoms with E-state index < -0.39 is 10.0 Å². The Kier molecular flexibility index (Phi) is 6.46. The van der Waals surface area contributed by atoms with Crippen LogP contribution in [-0.2, 0) is 15.4 Å². The Hall–Kier alpha value is -3.18. The van der Waals surface area contributed by atoms with Crippen LogP contribution in [0.15, 0.2) is 83.8 Å². The van der Waals surface area contributed by atoms with Gasteiger partial charge in [-0.1, -0.05) is 68.8 Å². The molecule has 3 aromatic carbocycles. The van der Waals surface area contributed by atoms with Crippen LogP contribution in [-0.4, -0.2) is 14.2 Å².